The minimum atomic E-state index is 0.500. The van der Waals surface area contributed by atoms with E-state index in [9.17, 15) is 0 Å². The normalized spacial score (nSPS) is 10.7. The van der Waals surface area contributed by atoms with E-state index in [2.05, 4.69) is 21.2 Å². The molecule has 0 aliphatic carbocycles. The highest BCUT2D eigenvalue weighted by Crippen LogP contribution is 2.24. The zero-order chi connectivity index (χ0) is 13.1. The molecule has 0 N–H and O–H groups in total. The molecule has 19 heavy (non-hydrogen) atoms. The van der Waals surface area contributed by atoms with Gasteiger partial charge in [0, 0.05) is 24.6 Å². The third kappa shape index (κ3) is 2.46. The number of unbranched alkanes of at least 4 members (excludes halogenated alkanes) is 1. The fourth-order valence-corrected chi connectivity index (χ4v) is 2.54. The van der Waals surface area contributed by atoms with Crippen LogP contribution < -0.4 is 0 Å². The smallest absolute Gasteiger partial charge is 0.226 e. The van der Waals surface area contributed by atoms with Crippen LogP contribution in [0.15, 0.2) is 28.2 Å². The molecule has 0 aliphatic heterocycles. The molecular weight excluding hydrogens is 260 g/mol. The summed E-state index contributed by atoms with van der Waals surface area (Å²) in [6.07, 6.45) is 3.62. The first-order valence-electron chi connectivity index (χ1n) is 5.90. The van der Waals surface area contributed by atoms with Crippen LogP contribution in [0.2, 0.25) is 0 Å². The summed E-state index contributed by atoms with van der Waals surface area (Å²) in [5, 5.41) is 14.4. The van der Waals surface area contributed by atoms with Gasteiger partial charge in [-0.3, -0.25) is 4.98 Å². The summed E-state index contributed by atoms with van der Waals surface area (Å²) in [5.74, 6) is 1.12. The lowest BCUT2D eigenvalue weighted by Gasteiger charge is -1.93. The zero-order valence-corrected chi connectivity index (χ0v) is 10.9. The highest BCUT2D eigenvalue weighted by Gasteiger charge is 2.09. The molecule has 0 fully saturated rings. The van der Waals surface area contributed by atoms with Crippen LogP contribution >= 0.6 is 11.3 Å². The number of rotatable bonds is 4. The van der Waals surface area contributed by atoms with Crippen LogP contribution in [0.25, 0.3) is 21.6 Å². The van der Waals surface area contributed by atoms with Gasteiger partial charge in [-0.2, -0.15) is 10.2 Å². The first-order valence-corrected chi connectivity index (χ1v) is 6.78. The van der Waals surface area contributed by atoms with Gasteiger partial charge in [-0.25, -0.2) is 0 Å². The predicted octanol–water partition coefficient (Wildman–Crippen LogP) is 3.19. The van der Waals surface area contributed by atoms with E-state index in [-0.39, 0.29) is 0 Å². The number of hydrogen-bond acceptors (Lipinski definition) is 6. The largest absolute Gasteiger partial charge is 0.339 e. The topological polar surface area (TPSA) is 75.6 Å². The van der Waals surface area contributed by atoms with Crippen LogP contribution in [0.3, 0.4) is 0 Å². The lowest BCUT2D eigenvalue weighted by atomic mass is 10.2. The maximum atomic E-state index is 8.48. The van der Waals surface area contributed by atoms with Crippen molar-refractivity contribution in [1.29, 1.82) is 5.26 Å². The Balaban J connectivity index is 1.83. The van der Waals surface area contributed by atoms with Crippen molar-refractivity contribution in [3.63, 3.8) is 0 Å². The van der Waals surface area contributed by atoms with Crippen molar-refractivity contribution in [2.75, 3.05) is 0 Å². The molecule has 3 heterocycles. The fraction of sp³-hybridized carbons (Fsp3) is 0.231. The number of pyridine rings is 1. The summed E-state index contributed by atoms with van der Waals surface area (Å²) < 4.78 is 6.27. The minimum Gasteiger partial charge on any atom is -0.339 e. The van der Waals surface area contributed by atoms with E-state index in [0.29, 0.717) is 24.6 Å². The summed E-state index contributed by atoms with van der Waals surface area (Å²) in [4.78, 5) is 8.67. The molecule has 6 heteroatoms. The number of hydrogen-bond donors (Lipinski definition) is 0. The molecule has 0 unspecified atom stereocenters. The molecule has 3 rings (SSSR count). The first-order chi connectivity index (χ1) is 9.36. The van der Waals surface area contributed by atoms with E-state index >= 15 is 0 Å². The molecule has 0 aliphatic rings. The zero-order valence-electron chi connectivity index (χ0n) is 10.0. The highest BCUT2D eigenvalue weighted by molar-refractivity contribution is 7.17. The van der Waals surface area contributed by atoms with Gasteiger partial charge in [0.2, 0.25) is 11.7 Å². The van der Waals surface area contributed by atoms with Crippen molar-refractivity contribution in [2.45, 2.75) is 19.3 Å². The van der Waals surface area contributed by atoms with E-state index < -0.39 is 0 Å². The third-order valence-electron chi connectivity index (χ3n) is 2.71. The van der Waals surface area contributed by atoms with Gasteiger partial charge in [-0.15, -0.1) is 11.3 Å². The number of thiophene rings is 1. The quantitative estimate of drug-likeness (QED) is 0.680. The molecule has 0 saturated carbocycles. The van der Waals surface area contributed by atoms with Crippen molar-refractivity contribution in [3.8, 4) is 17.5 Å². The van der Waals surface area contributed by atoms with E-state index in [0.717, 1.165) is 22.2 Å². The SMILES string of the molecule is N#CCCCc1nc(-c2cnc3ccsc3c2)no1. The summed E-state index contributed by atoms with van der Waals surface area (Å²) in [6, 6.07) is 6.09. The van der Waals surface area contributed by atoms with Crippen molar-refractivity contribution >= 4 is 21.6 Å². The van der Waals surface area contributed by atoms with Gasteiger partial charge in [0.25, 0.3) is 0 Å². The molecule has 0 spiro atoms. The first kappa shape index (κ1) is 11.8. The summed E-state index contributed by atoms with van der Waals surface area (Å²) in [6.45, 7) is 0. The van der Waals surface area contributed by atoms with Gasteiger partial charge in [-0.1, -0.05) is 5.16 Å². The average molecular weight is 270 g/mol. The maximum Gasteiger partial charge on any atom is 0.226 e. The Kier molecular flexibility index (Phi) is 3.21. The van der Waals surface area contributed by atoms with Gasteiger partial charge in [0.15, 0.2) is 0 Å². The molecule has 0 radical (unpaired) electrons. The molecule has 0 atom stereocenters. The molecule has 94 valence electrons. The molecule has 0 bridgehead atoms. The summed E-state index contributed by atoms with van der Waals surface area (Å²) in [5.41, 5.74) is 1.83. The number of aromatic nitrogens is 3. The van der Waals surface area contributed by atoms with Gasteiger partial charge < -0.3 is 4.52 Å². The molecule has 3 aromatic rings. The van der Waals surface area contributed by atoms with Gasteiger partial charge >= 0.3 is 0 Å². The molecule has 0 amide bonds. The lowest BCUT2D eigenvalue weighted by Crippen LogP contribution is -1.86. The van der Waals surface area contributed by atoms with E-state index in [1.165, 1.54) is 0 Å². The van der Waals surface area contributed by atoms with Crippen LogP contribution in [-0.2, 0) is 6.42 Å². The highest BCUT2D eigenvalue weighted by atomic mass is 32.1. The Bertz CT molecular complexity index is 740. The van der Waals surface area contributed by atoms with Crippen molar-refractivity contribution in [1.82, 2.24) is 15.1 Å². The Hall–Kier alpha value is -2.26. The van der Waals surface area contributed by atoms with Gasteiger partial charge in [-0.05, 0) is 23.9 Å². The number of nitrogens with zero attached hydrogens (tertiary/aromatic N) is 4. The predicted molar refractivity (Wildman–Crippen MR) is 71.5 cm³/mol. The van der Waals surface area contributed by atoms with Crippen LogP contribution in [0.1, 0.15) is 18.7 Å². The van der Waals surface area contributed by atoms with Crippen molar-refractivity contribution in [2.24, 2.45) is 0 Å². The number of nitriles is 1. The van der Waals surface area contributed by atoms with Crippen LogP contribution in [-0.4, -0.2) is 15.1 Å². The van der Waals surface area contributed by atoms with Gasteiger partial charge in [0.05, 0.1) is 16.3 Å². The number of fused-ring (bicyclic) bond motifs is 1. The molecule has 5 nitrogen and oxygen atoms in total. The Morgan fingerprint density at radius 2 is 2.37 bits per heavy atom. The fourth-order valence-electron chi connectivity index (χ4n) is 1.76. The molecular formula is C13H10N4OS. The molecule has 3 aromatic heterocycles. The van der Waals surface area contributed by atoms with Crippen LogP contribution in [0.5, 0.6) is 0 Å². The maximum absolute atomic E-state index is 8.48. The van der Waals surface area contributed by atoms with E-state index in [4.69, 9.17) is 9.78 Å². The van der Waals surface area contributed by atoms with Crippen LogP contribution in [0, 0.1) is 11.3 Å². The second-order valence-corrected chi connectivity index (χ2v) is 5.00. The van der Waals surface area contributed by atoms with Crippen LogP contribution in [0.4, 0.5) is 0 Å². The van der Waals surface area contributed by atoms with Crippen molar-refractivity contribution in [3.05, 3.63) is 29.6 Å². The lowest BCUT2D eigenvalue weighted by molar-refractivity contribution is 0.376. The Labute approximate surface area is 113 Å². The molecule has 0 saturated heterocycles. The average Bonchev–Trinajstić information content (AvgIpc) is 3.06. The van der Waals surface area contributed by atoms with Gasteiger partial charge in [0.1, 0.15) is 0 Å². The second-order valence-electron chi connectivity index (χ2n) is 4.05. The standard InChI is InChI=1S/C13H10N4OS/c14-5-2-1-3-12-16-13(17-18-12)9-7-11-10(15-8-9)4-6-19-11/h4,6-8H,1-3H2. The van der Waals surface area contributed by atoms with E-state index in [1.807, 2.05) is 17.5 Å². The monoisotopic (exact) mass is 270 g/mol. The van der Waals surface area contributed by atoms with Crippen molar-refractivity contribution < 1.29 is 4.52 Å². The minimum absolute atomic E-state index is 0.500. The second kappa shape index (κ2) is 5.16. The summed E-state index contributed by atoms with van der Waals surface area (Å²) >= 11 is 1.64. The summed E-state index contributed by atoms with van der Waals surface area (Å²) in [7, 11) is 0. The molecule has 0 aromatic carbocycles. The Morgan fingerprint density at radius 3 is 3.26 bits per heavy atom. The number of aryl methyl sites for hydroxylation is 1. The van der Waals surface area contributed by atoms with E-state index in [1.54, 1.807) is 17.5 Å². The third-order valence-corrected chi connectivity index (χ3v) is 3.56. The Morgan fingerprint density at radius 1 is 1.42 bits per heavy atom.